The molecule has 5 heteroatoms. The molecule has 1 aromatic rings. The van der Waals surface area contributed by atoms with E-state index < -0.39 is 12.0 Å². The Morgan fingerprint density at radius 1 is 1.20 bits per heavy atom. The molecule has 0 saturated carbocycles. The predicted octanol–water partition coefficient (Wildman–Crippen LogP) is 1.52. The van der Waals surface area contributed by atoms with E-state index in [1.54, 1.807) is 0 Å². The minimum absolute atomic E-state index is 0.0230. The van der Waals surface area contributed by atoms with E-state index in [-0.39, 0.29) is 25.0 Å². The molecule has 1 unspecified atom stereocenters. The zero-order valence-electron chi connectivity index (χ0n) is 12.1. The molecule has 0 bridgehead atoms. The van der Waals surface area contributed by atoms with Crippen LogP contribution in [0.1, 0.15) is 19.4 Å². The van der Waals surface area contributed by atoms with Gasteiger partial charge in [-0.25, -0.2) is 0 Å². The van der Waals surface area contributed by atoms with Crippen LogP contribution in [0.15, 0.2) is 30.3 Å². The van der Waals surface area contributed by atoms with E-state index in [4.69, 9.17) is 4.74 Å². The van der Waals surface area contributed by atoms with E-state index in [0.29, 0.717) is 0 Å². The van der Waals surface area contributed by atoms with Crippen LogP contribution in [-0.2, 0) is 25.7 Å². The monoisotopic (exact) mass is 279 g/mol. The number of benzene rings is 1. The third-order valence-electron chi connectivity index (χ3n) is 2.83. The maximum Gasteiger partial charge on any atom is 0.323 e. The van der Waals surface area contributed by atoms with Gasteiger partial charge in [-0.1, -0.05) is 44.2 Å². The van der Waals surface area contributed by atoms with E-state index in [9.17, 15) is 9.59 Å². The highest BCUT2D eigenvalue weighted by atomic mass is 16.5. The fourth-order valence-electron chi connectivity index (χ4n) is 1.70. The van der Waals surface area contributed by atoms with Crippen LogP contribution < -0.4 is 5.32 Å². The fourth-order valence-corrected chi connectivity index (χ4v) is 1.70. The van der Waals surface area contributed by atoms with E-state index >= 15 is 0 Å². The summed E-state index contributed by atoms with van der Waals surface area (Å²) in [6, 6.07) is 8.92. The van der Waals surface area contributed by atoms with Gasteiger partial charge in [-0.05, 0) is 11.5 Å². The molecule has 0 aliphatic heterocycles. The van der Waals surface area contributed by atoms with Crippen LogP contribution in [0.3, 0.4) is 0 Å². The lowest BCUT2D eigenvalue weighted by Crippen LogP contribution is -2.44. The van der Waals surface area contributed by atoms with E-state index in [1.807, 2.05) is 44.2 Å². The number of ether oxygens (including phenoxy) is 2. The lowest BCUT2D eigenvalue weighted by atomic mass is 10.1. The van der Waals surface area contributed by atoms with Crippen molar-refractivity contribution in [2.75, 3.05) is 13.7 Å². The molecule has 1 rings (SSSR count). The predicted molar refractivity (Wildman–Crippen MR) is 74.9 cm³/mol. The van der Waals surface area contributed by atoms with Gasteiger partial charge in [0, 0.05) is 0 Å². The van der Waals surface area contributed by atoms with Crippen molar-refractivity contribution in [1.29, 1.82) is 0 Å². The minimum atomic E-state index is -0.510. The maximum atomic E-state index is 11.6. The summed E-state index contributed by atoms with van der Waals surface area (Å²) in [4.78, 5) is 23.1. The number of rotatable bonds is 7. The molecule has 110 valence electrons. The van der Waals surface area contributed by atoms with Crippen LogP contribution in [0.25, 0.3) is 0 Å². The summed E-state index contributed by atoms with van der Waals surface area (Å²) < 4.78 is 9.80. The average Bonchev–Trinajstić information content (AvgIpc) is 2.45. The Bertz CT molecular complexity index is 431. The number of hydrogen-bond acceptors (Lipinski definition) is 5. The van der Waals surface area contributed by atoms with Crippen molar-refractivity contribution >= 4 is 11.9 Å². The smallest absolute Gasteiger partial charge is 0.323 e. The second-order valence-corrected chi connectivity index (χ2v) is 4.77. The molecule has 0 fully saturated rings. The third-order valence-corrected chi connectivity index (χ3v) is 2.83. The summed E-state index contributed by atoms with van der Waals surface area (Å²) in [6.45, 7) is 3.96. The highest BCUT2D eigenvalue weighted by Gasteiger charge is 2.23. The topological polar surface area (TPSA) is 64.6 Å². The molecule has 1 aromatic carbocycles. The van der Waals surface area contributed by atoms with Gasteiger partial charge in [0.25, 0.3) is 0 Å². The zero-order chi connectivity index (χ0) is 15.0. The Labute approximate surface area is 119 Å². The van der Waals surface area contributed by atoms with Crippen LogP contribution in [0.2, 0.25) is 0 Å². The molecule has 20 heavy (non-hydrogen) atoms. The highest BCUT2D eigenvalue weighted by Crippen LogP contribution is 2.04. The van der Waals surface area contributed by atoms with Gasteiger partial charge in [0.15, 0.2) is 0 Å². The van der Waals surface area contributed by atoms with Gasteiger partial charge in [0.1, 0.15) is 12.6 Å². The molecule has 0 aliphatic carbocycles. The molecule has 1 atom stereocenters. The Balaban J connectivity index is 2.36. The second-order valence-electron chi connectivity index (χ2n) is 4.77. The van der Waals surface area contributed by atoms with Crippen LogP contribution >= 0.6 is 0 Å². The van der Waals surface area contributed by atoms with Crippen molar-refractivity contribution in [1.82, 2.24) is 5.32 Å². The molecular formula is C15H21NO4. The fraction of sp³-hybridized carbons (Fsp3) is 0.467. The highest BCUT2D eigenvalue weighted by molar-refractivity contribution is 5.77. The first-order valence-corrected chi connectivity index (χ1v) is 6.55. The molecule has 0 spiro atoms. The molecular weight excluding hydrogens is 258 g/mol. The van der Waals surface area contributed by atoms with Gasteiger partial charge >= 0.3 is 11.9 Å². The van der Waals surface area contributed by atoms with Crippen molar-refractivity contribution in [3.05, 3.63) is 35.9 Å². The Morgan fingerprint density at radius 3 is 2.40 bits per heavy atom. The zero-order valence-corrected chi connectivity index (χ0v) is 12.1. The molecule has 0 radical (unpaired) electrons. The van der Waals surface area contributed by atoms with Crippen LogP contribution in [0.4, 0.5) is 0 Å². The number of hydrogen-bond donors (Lipinski definition) is 1. The van der Waals surface area contributed by atoms with Crippen molar-refractivity contribution in [2.24, 2.45) is 5.92 Å². The van der Waals surface area contributed by atoms with Gasteiger partial charge in [0.05, 0.1) is 13.7 Å². The van der Waals surface area contributed by atoms with Gasteiger partial charge in [-0.2, -0.15) is 0 Å². The van der Waals surface area contributed by atoms with Gasteiger partial charge < -0.3 is 9.47 Å². The van der Waals surface area contributed by atoms with Gasteiger partial charge in [0.2, 0.25) is 0 Å². The number of esters is 2. The molecule has 0 amide bonds. The summed E-state index contributed by atoms with van der Waals surface area (Å²) in [5.41, 5.74) is 0.925. The molecule has 0 aliphatic rings. The first-order valence-electron chi connectivity index (χ1n) is 6.55. The SMILES string of the molecule is COC(=O)C(NCC(=O)OCc1ccccc1)C(C)C. The van der Waals surface area contributed by atoms with Crippen LogP contribution in [0, 0.1) is 5.92 Å². The van der Waals surface area contributed by atoms with Crippen molar-refractivity contribution in [3.63, 3.8) is 0 Å². The standard InChI is InChI=1S/C15H21NO4/c1-11(2)14(15(18)19-3)16-9-13(17)20-10-12-7-5-4-6-8-12/h4-8,11,14,16H,9-10H2,1-3H3. The van der Waals surface area contributed by atoms with Gasteiger partial charge in [-0.3, -0.25) is 14.9 Å². The average molecular weight is 279 g/mol. The molecule has 0 saturated heterocycles. The quantitative estimate of drug-likeness (QED) is 0.767. The van der Waals surface area contributed by atoms with Crippen molar-refractivity contribution in [2.45, 2.75) is 26.5 Å². The summed E-state index contributed by atoms with van der Waals surface area (Å²) in [5, 5.41) is 2.86. The first-order chi connectivity index (χ1) is 9.54. The van der Waals surface area contributed by atoms with Crippen LogP contribution in [0.5, 0.6) is 0 Å². The lowest BCUT2D eigenvalue weighted by molar-refractivity contribution is -0.146. The minimum Gasteiger partial charge on any atom is -0.468 e. The Hall–Kier alpha value is -1.88. The van der Waals surface area contributed by atoms with Crippen molar-refractivity contribution in [3.8, 4) is 0 Å². The first kappa shape index (κ1) is 16.2. The summed E-state index contributed by atoms with van der Waals surface area (Å²) in [6.07, 6.45) is 0. The molecule has 0 heterocycles. The molecule has 5 nitrogen and oxygen atoms in total. The number of carbonyl (C=O) groups excluding carboxylic acids is 2. The Kier molecular flexibility index (Phi) is 6.73. The second kappa shape index (κ2) is 8.32. The summed E-state index contributed by atoms with van der Waals surface area (Å²) in [5.74, 6) is -0.747. The number of methoxy groups -OCH3 is 1. The largest absolute Gasteiger partial charge is 0.468 e. The molecule has 0 aromatic heterocycles. The number of carbonyl (C=O) groups is 2. The van der Waals surface area contributed by atoms with Gasteiger partial charge in [-0.15, -0.1) is 0 Å². The van der Waals surface area contributed by atoms with Crippen LogP contribution in [-0.4, -0.2) is 31.6 Å². The van der Waals surface area contributed by atoms with E-state index in [0.717, 1.165) is 5.56 Å². The van der Waals surface area contributed by atoms with Crippen molar-refractivity contribution < 1.29 is 19.1 Å². The third kappa shape index (κ3) is 5.40. The summed E-state index contributed by atoms with van der Waals surface area (Å²) in [7, 11) is 1.33. The lowest BCUT2D eigenvalue weighted by Gasteiger charge is -2.19. The Morgan fingerprint density at radius 2 is 1.85 bits per heavy atom. The molecule has 1 N–H and O–H groups in total. The van der Waals surface area contributed by atoms with E-state index in [1.165, 1.54) is 7.11 Å². The van der Waals surface area contributed by atoms with E-state index in [2.05, 4.69) is 10.1 Å². The number of nitrogens with one attached hydrogen (secondary N) is 1. The normalized spacial score (nSPS) is 12.0. The summed E-state index contributed by atoms with van der Waals surface area (Å²) >= 11 is 0. The maximum absolute atomic E-state index is 11.6.